The summed E-state index contributed by atoms with van der Waals surface area (Å²) in [5, 5.41) is 4.31. The molecule has 3 aromatic rings. The Balaban J connectivity index is 1.57. The molecule has 1 aliphatic rings. The van der Waals surface area contributed by atoms with Crippen LogP contribution in [0, 0.1) is 0 Å². The number of nitrogens with zero attached hydrogens (tertiary/aromatic N) is 5. The van der Waals surface area contributed by atoms with E-state index in [9.17, 15) is 0 Å². The second-order valence-corrected chi connectivity index (χ2v) is 5.77. The second kappa shape index (κ2) is 5.00. The van der Waals surface area contributed by atoms with Crippen molar-refractivity contribution in [1.29, 1.82) is 0 Å². The fraction of sp³-hybridized carbons (Fsp3) is 0.375. The molecule has 108 valence electrons. The van der Waals surface area contributed by atoms with Gasteiger partial charge in [0.25, 0.3) is 0 Å². The van der Waals surface area contributed by atoms with Crippen LogP contribution >= 0.6 is 0 Å². The minimum atomic E-state index is 0.475. The summed E-state index contributed by atoms with van der Waals surface area (Å²) in [5.41, 5.74) is 3.47. The number of imidazole rings is 1. The van der Waals surface area contributed by atoms with Crippen LogP contribution in [0.25, 0.3) is 5.65 Å². The minimum absolute atomic E-state index is 0.475. The Bertz CT molecular complexity index is 724. The van der Waals surface area contributed by atoms with E-state index in [0.717, 1.165) is 24.4 Å². The number of hydrogen-bond donors (Lipinski definition) is 0. The van der Waals surface area contributed by atoms with Crippen LogP contribution in [0.2, 0.25) is 0 Å². The largest absolute Gasteiger partial charge is 0.307 e. The van der Waals surface area contributed by atoms with E-state index in [4.69, 9.17) is 4.98 Å². The topological polar surface area (TPSA) is 38.4 Å². The maximum absolute atomic E-state index is 4.71. The van der Waals surface area contributed by atoms with Crippen LogP contribution in [-0.2, 0) is 13.6 Å². The smallest absolute Gasteiger partial charge is 0.137 e. The molecule has 1 aliphatic heterocycles. The van der Waals surface area contributed by atoms with Crippen molar-refractivity contribution in [3.63, 3.8) is 0 Å². The summed E-state index contributed by atoms with van der Waals surface area (Å²) in [5.74, 6) is 0. The third kappa shape index (κ3) is 2.34. The lowest BCUT2D eigenvalue weighted by Gasteiger charge is -2.22. The summed E-state index contributed by atoms with van der Waals surface area (Å²) in [4.78, 5) is 7.22. The van der Waals surface area contributed by atoms with Gasteiger partial charge < -0.3 is 4.40 Å². The first-order valence-electron chi connectivity index (χ1n) is 7.45. The molecular formula is C16H19N5. The predicted octanol–water partition coefficient (Wildman–Crippen LogP) is 2.40. The molecule has 0 spiro atoms. The van der Waals surface area contributed by atoms with E-state index in [2.05, 4.69) is 33.0 Å². The van der Waals surface area contributed by atoms with Gasteiger partial charge in [-0.3, -0.25) is 9.58 Å². The molecule has 1 fully saturated rings. The molecule has 5 nitrogen and oxygen atoms in total. The maximum atomic E-state index is 4.71. The molecule has 3 aromatic heterocycles. The van der Waals surface area contributed by atoms with E-state index >= 15 is 0 Å². The lowest BCUT2D eigenvalue weighted by atomic mass is 10.1. The lowest BCUT2D eigenvalue weighted by Crippen LogP contribution is -2.22. The quantitative estimate of drug-likeness (QED) is 0.740. The molecule has 1 atom stereocenters. The van der Waals surface area contributed by atoms with Gasteiger partial charge in [-0.05, 0) is 31.5 Å². The highest BCUT2D eigenvalue weighted by atomic mass is 15.3. The molecule has 0 N–H and O–H groups in total. The molecule has 21 heavy (non-hydrogen) atoms. The van der Waals surface area contributed by atoms with Gasteiger partial charge in [-0.2, -0.15) is 5.10 Å². The SMILES string of the molecule is Cn1cc([C@@H]2CCCN2Cc2cn3ccccc3n2)cn1. The molecule has 0 saturated carbocycles. The first-order valence-corrected chi connectivity index (χ1v) is 7.45. The molecule has 5 heteroatoms. The van der Waals surface area contributed by atoms with Gasteiger partial charge >= 0.3 is 0 Å². The standard InChI is InChI=1S/C16H19N5/c1-19-10-13(9-17-19)15-5-4-8-20(15)11-14-12-21-7-3-2-6-16(21)18-14/h2-3,6-7,9-10,12,15H,4-5,8,11H2,1H3/t15-/m0/s1. The van der Waals surface area contributed by atoms with Crippen LogP contribution in [-0.4, -0.2) is 30.6 Å². The van der Waals surface area contributed by atoms with Gasteiger partial charge in [-0.15, -0.1) is 0 Å². The molecule has 0 unspecified atom stereocenters. The summed E-state index contributed by atoms with van der Waals surface area (Å²) in [6, 6.07) is 6.59. The van der Waals surface area contributed by atoms with Crippen molar-refractivity contribution >= 4 is 5.65 Å². The van der Waals surface area contributed by atoms with Crippen LogP contribution in [0.4, 0.5) is 0 Å². The summed E-state index contributed by atoms with van der Waals surface area (Å²) >= 11 is 0. The van der Waals surface area contributed by atoms with Crippen molar-refractivity contribution in [3.8, 4) is 0 Å². The lowest BCUT2D eigenvalue weighted by molar-refractivity contribution is 0.246. The zero-order valence-electron chi connectivity index (χ0n) is 12.2. The molecule has 4 heterocycles. The van der Waals surface area contributed by atoms with Crippen molar-refractivity contribution in [2.45, 2.75) is 25.4 Å². The van der Waals surface area contributed by atoms with Crippen LogP contribution < -0.4 is 0 Å². The summed E-state index contributed by atoms with van der Waals surface area (Å²) in [7, 11) is 1.98. The minimum Gasteiger partial charge on any atom is -0.307 e. The number of pyridine rings is 1. The number of aryl methyl sites for hydroxylation is 1. The van der Waals surface area contributed by atoms with Crippen molar-refractivity contribution < 1.29 is 0 Å². The first kappa shape index (κ1) is 12.6. The summed E-state index contributed by atoms with van der Waals surface area (Å²) in [6.07, 6.45) is 10.8. The van der Waals surface area contributed by atoms with Crippen LogP contribution in [0.1, 0.15) is 30.1 Å². The average Bonchev–Trinajstić information content (AvgIpc) is 3.17. The fourth-order valence-corrected chi connectivity index (χ4v) is 3.28. The molecule has 4 rings (SSSR count). The molecular weight excluding hydrogens is 262 g/mol. The average molecular weight is 281 g/mol. The van der Waals surface area contributed by atoms with Gasteiger partial charge in [0, 0.05) is 43.8 Å². The summed E-state index contributed by atoms with van der Waals surface area (Å²) in [6.45, 7) is 2.04. The Morgan fingerprint density at radius 2 is 2.24 bits per heavy atom. The highest BCUT2D eigenvalue weighted by molar-refractivity contribution is 5.39. The maximum Gasteiger partial charge on any atom is 0.137 e. The van der Waals surface area contributed by atoms with Crippen LogP contribution in [0.5, 0.6) is 0 Å². The molecule has 0 radical (unpaired) electrons. The Labute approximate surface area is 123 Å². The van der Waals surface area contributed by atoms with Gasteiger partial charge in [0.05, 0.1) is 11.9 Å². The van der Waals surface area contributed by atoms with Gasteiger partial charge in [0.1, 0.15) is 5.65 Å². The highest BCUT2D eigenvalue weighted by Gasteiger charge is 2.27. The van der Waals surface area contributed by atoms with E-state index in [1.165, 1.54) is 18.4 Å². The van der Waals surface area contributed by atoms with E-state index < -0.39 is 0 Å². The van der Waals surface area contributed by atoms with E-state index in [-0.39, 0.29) is 0 Å². The third-order valence-corrected chi connectivity index (χ3v) is 4.25. The fourth-order valence-electron chi connectivity index (χ4n) is 3.28. The molecule has 1 saturated heterocycles. The van der Waals surface area contributed by atoms with Crippen molar-refractivity contribution in [2.75, 3.05) is 6.54 Å². The highest BCUT2D eigenvalue weighted by Crippen LogP contribution is 2.32. The number of aromatic nitrogens is 4. The molecule has 0 aromatic carbocycles. The molecule has 0 bridgehead atoms. The van der Waals surface area contributed by atoms with E-state index in [1.54, 1.807) is 0 Å². The van der Waals surface area contributed by atoms with E-state index in [0.29, 0.717) is 6.04 Å². The Kier molecular flexibility index (Phi) is 3.00. The van der Waals surface area contributed by atoms with Gasteiger partial charge in [0.15, 0.2) is 0 Å². The van der Waals surface area contributed by atoms with E-state index in [1.807, 2.05) is 36.1 Å². The Morgan fingerprint density at radius 3 is 3.05 bits per heavy atom. The zero-order chi connectivity index (χ0) is 14.2. The third-order valence-electron chi connectivity index (χ3n) is 4.25. The van der Waals surface area contributed by atoms with Crippen LogP contribution in [0.3, 0.4) is 0 Å². The monoisotopic (exact) mass is 281 g/mol. The second-order valence-electron chi connectivity index (χ2n) is 5.77. The predicted molar refractivity (Wildman–Crippen MR) is 80.8 cm³/mol. The first-order chi connectivity index (χ1) is 10.3. The number of likely N-dealkylation sites (tertiary alicyclic amines) is 1. The van der Waals surface area contributed by atoms with Crippen molar-refractivity contribution in [2.24, 2.45) is 7.05 Å². The number of rotatable bonds is 3. The normalized spacial score (nSPS) is 19.6. The molecule has 0 aliphatic carbocycles. The zero-order valence-corrected chi connectivity index (χ0v) is 12.2. The van der Waals surface area contributed by atoms with Gasteiger partial charge in [-0.25, -0.2) is 4.98 Å². The van der Waals surface area contributed by atoms with Crippen LogP contribution in [0.15, 0.2) is 43.0 Å². The van der Waals surface area contributed by atoms with Crippen molar-refractivity contribution in [3.05, 3.63) is 54.2 Å². The summed E-state index contributed by atoms with van der Waals surface area (Å²) < 4.78 is 3.97. The Hall–Kier alpha value is -2.14. The van der Waals surface area contributed by atoms with Gasteiger partial charge in [-0.1, -0.05) is 6.07 Å². The molecule has 0 amide bonds. The Morgan fingerprint density at radius 1 is 1.29 bits per heavy atom. The number of hydrogen-bond acceptors (Lipinski definition) is 3. The van der Waals surface area contributed by atoms with Crippen molar-refractivity contribution in [1.82, 2.24) is 24.1 Å². The van der Waals surface area contributed by atoms with Gasteiger partial charge in [0.2, 0.25) is 0 Å². The number of fused-ring (bicyclic) bond motifs is 1.